The highest BCUT2D eigenvalue weighted by atomic mass is 35.5. The molecule has 1 aromatic carbocycles. The predicted octanol–water partition coefficient (Wildman–Crippen LogP) is 3.32. The SMILES string of the molecule is CC(=O)c1ccc(S(=O)(=O)N2CCC(C(=O)NCc3ccc(Cl)s3)CC2)cc1. The molecule has 6 nitrogen and oxygen atoms in total. The molecule has 1 aromatic heterocycles. The zero-order chi connectivity index (χ0) is 20.3. The van der Waals surface area contributed by atoms with Crippen LogP contribution < -0.4 is 5.32 Å². The van der Waals surface area contributed by atoms with Crippen LogP contribution in [0.4, 0.5) is 0 Å². The molecule has 1 fully saturated rings. The van der Waals surface area contributed by atoms with E-state index in [4.69, 9.17) is 11.6 Å². The Kier molecular flexibility index (Phi) is 6.54. The number of ketones is 1. The Morgan fingerprint density at radius 2 is 1.79 bits per heavy atom. The van der Waals surface area contributed by atoms with Gasteiger partial charge in [0.1, 0.15) is 0 Å². The Morgan fingerprint density at radius 3 is 2.32 bits per heavy atom. The lowest BCUT2D eigenvalue weighted by molar-refractivity contribution is -0.126. The number of nitrogens with one attached hydrogen (secondary N) is 1. The third-order valence-corrected chi connectivity index (χ3v) is 7.93. The summed E-state index contributed by atoms with van der Waals surface area (Å²) in [6.07, 6.45) is 0.948. The van der Waals surface area contributed by atoms with Crippen molar-refractivity contribution in [3.8, 4) is 0 Å². The highest BCUT2D eigenvalue weighted by Crippen LogP contribution is 2.25. The maximum absolute atomic E-state index is 12.8. The second kappa shape index (κ2) is 8.73. The lowest BCUT2D eigenvalue weighted by atomic mass is 9.97. The molecule has 1 amide bonds. The maximum Gasteiger partial charge on any atom is 0.243 e. The topological polar surface area (TPSA) is 83.6 Å². The molecular weight excluding hydrogens is 420 g/mol. The van der Waals surface area contributed by atoms with Gasteiger partial charge in [0.25, 0.3) is 0 Å². The average molecular weight is 441 g/mol. The van der Waals surface area contributed by atoms with Crippen LogP contribution in [0.3, 0.4) is 0 Å². The van der Waals surface area contributed by atoms with Gasteiger partial charge in [-0.25, -0.2) is 8.42 Å². The molecule has 1 aliphatic heterocycles. The molecule has 0 aliphatic carbocycles. The van der Waals surface area contributed by atoms with E-state index in [1.54, 1.807) is 6.07 Å². The van der Waals surface area contributed by atoms with E-state index in [1.165, 1.54) is 46.8 Å². The average Bonchev–Trinajstić information content (AvgIpc) is 3.11. The Labute approximate surface area is 173 Å². The molecule has 2 aromatic rings. The highest BCUT2D eigenvalue weighted by molar-refractivity contribution is 7.89. The van der Waals surface area contributed by atoms with Crippen LogP contribution in [0, 0.1) is 5.92 Å². The first kappa shape index (κ1) is 21.0. The van der Waals surface area contributed by atoms with Gasteiger partial charge >= 0.3 is 0 Å². The van der Waals surface area contributed by atoms with E-state index in [0.29, 0.717) is 42.4 Å². The van der Waals surface area contributed by atoms with Crippen molar-refractivity contribution in [2.24, 2.45) is 5.92 Å². The second-order valence-electron chi connectivity index (χ2n) is 6.68. The second-order valence-corrected chi connectivity index (χ2v) is 10.4. The smallest absolute Gasteiger partial charge is 0.243 e. The fraction of sp³-hybridized carbons (Fsp3) is 0.368. The van der Waals surface area contributed by atoms with Gasteiger partial charge < -0.3 is 5.32 Å². The molecule has 28 heavy (non-hydrogen) atoms. The van der Waals surface area contributed by atoms with E-state index in [9.17, 15) is 18.0 Å². The zero-order valence-electron chi connectivity index (χ0n) is 15.4. The first-order valence-electron chi connectivity index (χ1n) is 8.90. The van der Waals surface area contributed by atoms with Gasteiger partial charge in [-0.15, -0.1) is 11.3 Å². The lowest BCUT2D eigenvalue weighted by Gasteiger charge is -2.30. The van der Waals surface area contributed by atoms with Crippen LogP contribution in [0.2, 0.25) is 4.34 Å². The van der Waals surface area contributed by atoms with Gasteiger partial charge in [0.2, 0.25) is 15.9 Å². The molecule has 1 aliphatic rings. The largest absolute Gasteiger partial charge is 0.351 e. The van der Waals surface area contributed by atoms with Crippen molar-refractivity contribution in [2.75, 3.05) is 13.1 Å². The van der Waals surface area contributed by atoms with Crippen molar-refractivity contribution in [2.45, 2.75) is 31.2 Å². The Morgan fingerprint density at radius 1 is 1.14 bits per heavy atom. The minimum Gasteiger partial charge on any atom is -0.351 e. The maximum atomic E-state index is 12.8. The number of halogens is 1. The Balaban J connectivity index is 1.56. The summed E-state index contributed by atoms with van der Waals surface area (Å²) in [5, 5.41) is 2.90. The number of rotatable bonds is 6. The van der Waals surface area contributed by atoms with Crippen molar-refractivity contribution in [3.05, 3.63) is 51.2 Å². The van der Waals surface area contributed by atoms with E-state index in [2.05, 4.69) is 5.32 Å². The van der Waals surface area contributed by atoms with Gasteiger partial charge in [-0.1, -0.05) is 23.7 Å². The highest BCUT2D eigenvalue weighted by Gasteiger charge is 2.32. The van der Waals surface area contributed by atoms with E-state index < -0.39 is 10.0 Å². The molecule has 2 heterocycles. The molecule has 150 valence electrons. The van der Waals surface area contributed by atoms with Crippen LogP contribution in [-0.2, 0) is 21.4 Å². The van der Waals surface area contributed by atoms with Crippen molar-refractivity contribution >= 4 is 44.7 Å². The van der Waals surface area contributed by atoms with Gasteiger partial charge in [-0.3, -0.25) is 9.59 Å². The van der Waals surface area contributed by atoms with Crippen LogP contribution in [0.1, 0.15) is 35.0 Å². The molecule has 0 radical (unpaired) electrons. The van der Waals surface area contributed by atoms with Crippen molar-refractivity contribution in [1.82, 2.24) is 9.62 Å². The summed E-state index contributed by atoms with van der Waals surface area (Å²) in [6, 6.07) is 9.62. The molecule has 3 rings (SSSR count). The van der Waals surface area contributed by atoms with Gasteiger partial charge in [0.15, 0.2) is 5.78 Å². The number of amides is 1. The first-order chi connectivity index (χ1) is 13.3. The summed E-state index contributed by atoms with van der Waals surface area (Å²) in [5.74, 6) is -0.380. The van der Waals surface area contributed by atoms with Crippen LogP contribution in [-0.4, -0.2) is 37.5 Å². The third-order valence-electron chi connectivity index (χ3n) is 4.79. The van der Waals surface area contributed by atoms with Crippen molar-refractivity contribution in [3.63, 3.8) is 0 Å². The number of Topliss-reactive ketones (excluding diaryl/α,β-unsaturated/α-hetero) is 1. The molecule has 0 spiro atoms. The van der Waals surface area contributed by atoms with Crippen LogP contribution >= 0.6 is 22.9 Å². The molecule has 9 heteroatoms. The van der Waals surface area contributed by atoms with Gasteiger partial charge in [0.05, 0.1) is 15.8 Å². The van der Waals surface area contributed by atoms with E-state index in [-0.39, 0.29) is 22.5 Å². The summed E-state index contributed by atoms with van der Waals surface area (Å²) >= 11 is 7.31. The van der Waals surface area contributed by atoms with Gasteiger partial charge in [-0.05, 0) is 44.0 Å². The van der Waals surface area contributed by atoms with Crippen LogP contribution in [0.15, 0.2) is 41.3 Å². The molecular formula is C19H21ClN2O4S2. The fourth-order valence-corrected chi connectivity index (χ4v) is 5.63. The molecule has 0 bridgehead atoms. The summed E-state index contributed by atoms with van der Waals surface area (Å²) < 4.78 is 27.7. The Bertz CT molecular complexity index is 962. The van der Waals surface area contributed by atoms with Crippen LogP contribution in [0.25, 0.3) is 0 Å². The monoisotopic (exact) mass is 440 g/mol. The quantitative estimate of drug-likeness (QED) is 0.698. The molecule has 0 atom stereocenters. The van der Waals surface area contributed by atoms with Gasteiger partial charge in [-0.2, -0.15) is 4.31 Å². The summed E-state index contributed by atoms with van der Waals surface area (Å²) in [6.45, 7) is 2.45. The summed E-state index contributed by atoms with van der Waals surface area (Å²) in [7, 11) is -3.63. The number of hydrogen-bond donors (Lipinski definition) is 1. The fourth-order valence-electron chi connectivity index (χ4n) is 3.13. The molecule has 1 N–H and O–H groups in total. The predicted molar refractivity (Wildman–Crippen MR) is 109 cm³/mol. The number of carbonyl (C=O) groups is 2. The minimum absolute atomic E-state index is 0.0626. The number of nitrogens with zero attached hydrogens (tertiary/aromatic N) is 1. The molecule has 0 unspecified atom stereocenters. The standard InChI is InChI=1S/C19H21ClN2O4S2/c1-13(23)14-2-5-17(6-3-14)28(25,26)22-10-8-15(9-11-22)19(24)21-12-16-4-7-18(20)27-16/h2-7,15H,8-12H2,1H3,(H,21,24). The van der Waals surface area contributed by atoms with E-state index in [0.717, 1.165) is 4.88 Å². The van der Waals surface area contributed by atoms with Crippen molar-refractivity contribution in [1.29, 1.82) is 0 Å². The first-order valence-corrected chi connectivity index (χ1v) is 11.5. The Hall–Kier alpha value is -1.74. The normalized spacial score (nSPS) is 16.1. The van der Waals surface area contributed by atoms with E-state index >= 15 is 0 Å². The zero-order valence-corrected chi connectivity index (χ0v) is 17.7. The number of piperidine rings is 1. The number of hydrogen-bond acceptors (Lipinski definition) is 5. The number of thiophene rings is 1. The van der Waals surface area contributed by atoms with Crippen molar-refractivity contribution < 1.29 is 18.0 Å². The van der Waals surface area contributed by atoms with Gasteiger partial charge in [0, 0.05) is 29.4 Å². The molecule has 0 saturated carbocycles. The number of sulfonamides is 1. The molecule has 1 saturated heterocycles. The van der Waals surface area contributed by atoms with Crippen LogP contribution in [0.5, 0.6) is 0 Å². The third kappa shape index (κ3) is 4.81. The minimum atomic E-state index is -3.63. The summed E-state index contributed by atoms with van der Waals surface area (Å²) in [4.78, 5) is 24.9. The number of benzene rings is 1. The lowest BCUT2D eigenvalue weighted by Crippen LogP contribution is -2.42. The van der Waals surface area contributed by atoms with E-state index in [1.807, 2.05) is 6.07 Å². The summed E-state index contributed by atoms with van der Waals surface area (Å²) in [5.41, 5.74) is 0.473. The number of carbonyl (C=O) groups excluding carboxylic acids is 2.